The molecular formula is C24H25BrClNO2. The van der Waals surface area contributed by atoms with E-state index in [4.69, 9.17) is 21.1 Å². The summed E-state index contributed by atoms with van der Waals surface area (Å²) in [6.45, 7) is 7.72. The highest BCUT2D eigenvalue weighted by atomic mass is 79.9. The molecule has 0 radical (unpaired) electrons. The minimum absolute atomic E-state index is 0.440. The van der Waals surface area contributed by atoms with Crippen LogP contribution in [-0.4, -0.2) is 6.61 Å². The maximum Gasteiger partial charge on any atom is 0.180 e. The van der Waals surface area contributed by atoms with E-state index in [-0.39, 0.29) is 0 Å². The van der Waals surface area contributed by atoms with Gasteiger partial charge in [-0.2, -0.15) is 0 Å². The number of ether oxygens (including phenoxy) is 2. The highest BCUT2D eigenvalue weighted by Crippen LogP contribution is 2.37. The molecule has 0 saturated heterocycles. The van der Waals surface area contributed by atoms with E-state index in [9.17, 15) is 0 Å². The largest absolute Gasteiger partial charge is 0.490 e. The van der Waals surface area contributed by atoms with Gasteiger partial charge in [-0.1, -0.05) is 57.4 Å². The number of benzene rings is 3. The summed E-state index contributed by atoms with van der Waals surface area (Å²) in [6, 6.07) is 18.3. The molecule has 1 N–H and O–H groups in total. The molecule has 0 aromatic heterocycles. The summed E-state index contributed by atoms with van der Waals surface area (Å²) in [5.74, 6) is 1.24. The summed E-state index contributed by atoms with van der Waals surface area (Å²) in [7, 11) is 0. The fourth-order valence-electron chi connectivity index (χ4n) is 2.99. The van der Waals surface area contributed by atoms with Crippen LogP contribution in [0.2, 0.25) is 5.02 Å². The van der Waals surface area contributed by atoms with Gasteiger partial charge in [0.2, 0.25) is 0 Å². The van der Waals surface area contributed by atoms with Crippen molar-refractivity contribution in [1.82, 2.24) is 0 Å². The zero-order chi connectivity index (χ0) is 20.8. The van der Waals surface area contributed by atoms with Gasteiger partial charge in [0, 0.05) is 16.7 Å². The molecule has 0 aliphatic carbocycles. The summed E-state index contributed by atoms with van der Waals surface area (Å²) in [5.41, 5.74) is 5.60. The van der Waals surface area contributed by atoms with E-state index in [1.807, 2.05) is 25.1 Å². The van der Waals surface area contributed by atoms with Gasteiger partial charge in [-0.15, -0.1) is 0 Å². The van der Waals surface area contributed by atoms with E-state index in [1.165, 1.54) is 11.1 Å². The third kappa shape index (κ3) is 5.91. The third-order valence-corrected chi connectivity index (χ3v) is 5.32. The predicted molar refractivity (Wildman–Crippen MR) is 124 cm³/mol. The van der Waals surface area contributed by atoms with Gasteiger partial charge in [-0.05, 0) is 67.8 Å². The van der Waals surface area contributed by atoms with Gasteiger partial charge in [0.15, 0.2) is 11.5 Å². The third-order valence-electron chi connectivity index (χ3n) is 4.54. The molecule has 0 heterocycles. The summed E-state index contributed by atoms with van der Waals surface area (Å²) in [6.07, 6.45) is 0. The first-order valence-electron chi connectivity index (χ1n) is 9.60. The highest BCUT2D eigenvalue weighted by molar-refractivity contribution is 9.10. The summed E-state index contributed by atoms with van der Waals surface area (Å²) >= 11 is 10.1. The molecule has 0 saturated carbocycles. The average Bonchev–Trinajstić information content (AvgIpc) is 2.68. The Labute approximate surface area is 186 Å². The lowest BCUT2D eigenvalue weighted by Gasteiger charge is -2.16. The molecule has 3 aromatic carbocycles. The number of hydrogen-bond acceptors (Lipinski definition) is 3. The minimum atomic E-state index is 0.440. The van der Waals surface area contributed by atoms with Gasteiger partial charge in [0.05, 0.1) is 11.6 Å². The Morgan fingerprint density at radius 3 is 2.38 bits per heavy atom. The lowest BCUT2D eigenvalue weighted by Crippen LogP contribution is -2.04. The molecule has 0 spiro atoms. The Morgan fingerprint density at radius 1 is 0.931 bits per heavy atom. The van der Waals surface area contributed by atoms with Crippen LogP contribution < -0.4 is 14.8 Å². The van der Waals surface area contributed by atoms with Gasteiger partial charge in [-0.3, -0.25) is 0 Å². The number of nitrogens with one attached hydrogen (secondary N) is 1. The topological polar surface area (TPSA) is 30.5 Å². The number of aryl methyl sites for hydroxylation is 2. The lowest BCUT2D eigenvalue weighted by atomic mass is 10.1. The van der Waals surface area contributed by atoms with E-state index < -0.39 is 0 Å². The molecule has 29 heavy (non-hydrogen) atoms. The molecule has 0 atom stereocenters. The Bertz CT molecular complexity index is 973. The van der Waals surface area contributed by atoms with Gasteiger partial charge in [-0.25, -0.2) is 0 Å². The molecule has 0 aliphatic heterocycles. The van der Waals surface area contributed by atoms with E-state index in [2.05, 4.69) is 71.5 Å². The smallest absolute Gasteiger partial charge is 0.180 e. The number of halogens is 2. The van der Waals surface area contributed by atoms with Crippen LogP contribution in [0.25, 0.3) is 0 Å². The Hall–Kier alpha value is -2.17. The second-order valence-electron chi connectivity index (χ2n) is 6.92. The Balaban J connectivity index is 1.75. The molecule has 3 rings (SSSR count). The van der Waals surface area contributed by atoms with Crippen LogP contribution in [0.15, 0.2) is 59.1 Å². The normalized spacial score (nSPS) is 10.7. The highest BCUT2D eigenvalue weighted by Gasteiger charge is 2.13. The van der Waals surface area contributed by atoms with E-state index in [0.29, 0.717) is 36.3 Å². The predicted octanol–water partition coefficient (Wildman–Crippen LogP) is 7.31. The summed E-state index contributed by atoms with van der Waals surface area (Å²) in [4.78, 5) is 0. The van der Waals surface area contributed by atoms with E-state index in [1.54, 1.807) is 0 Å². The Kier molecular flexibility index (Phi) is 7.45. The first kappa shape index (κ1) is 21.5. The standard InChI is InChI=1S/C24H25BrClNO2/c1-4-28-23-13-19(14-27-22-10-9-20(25)11-17(22)3)12-21(26)24(23)29-15-18-7-5-16(2)6-8-18/h5-13,27H,4,14-15H2,1-3H3. The zero-order valence-corrected chi connectivity index (χ0v) is 19.2. The second-order valence-corrected chi connectivity index (χ2v) is 8.25. The van der Waals surface area contributed by atoms with Gasteiger partial charge >= 0.3 is 0 Å². The first-order chi connectivity index (χ1) is 14.0. The van der Waals surface area contributed by atoms with Crippen molar-refractivity contribution in [3.05, 3.63) is 86.3 Å². The van der Waals surface area contributed by atoms with Gasteiger partial charge in [0.1, 0.15) is 6.61 Å². The van der Waals surface area contributed by atoms with Crippen molar-refractivity contribution in [3.8, 4) is 11.5 Å². The number of anilines is 1. The zero-order valence-electron chi connectivity index (χ0n) is 16.9. The minimum Gasteiger partial charge on any atom is -0.490 e. The van der Waals surface area contributed by atoms with Crippen LogP contribution in [0.4, 0.5) is 5.69 Å². The quantitative estimate of drug-likeness (QED) is 0.371. The van der Waals surface area contributed by atoms with Crippen LogP contribution in [0, 0.1) is 13.8 Å². The molecule has 0 unspecified atom stereocenters. The van der Waals surface area contributed by atoms with Crippen LogP contribution in [0.1, 0.15) is 29.2 Å². The molecule has 0 fully saturated rings. The van der Waals surface area contributed by atoms with E-state index >= 15 is 0 Å². The maximum atomic E-state index is 6.56. The average molecular weight is 475 g/mol. The molecule has 0 amide bonds. The second kappa shape index (κ2) is 10.0. The van der Waals surface area contributed by atoms with E-state index in [0.717, 1.165) is 21.3 Å². The van der Waals surface area contributed by atoms with Crippen LogP contribution in [0.5, 0.6) is 11.5 Å². The maximum absolute atomic E-state index is 6.56. The Morgan fingerprint density at radius 2 is 1.69 bits per heavy atom. The van der Waals surface area contributed by atoms with Crippen molar-refractivity contribution in [2.45, 2.75) is 33.9 Å². The fraction of sp³-hybridized carbons (Fsp3) is 0.250. The van der Waals surface area contributed by atoms with Crippen molar-refractivity contribution in [2.75, 3.05) is 11.9 Å². The number of rotatable bonds is 8. The van der Waals surface area contributed by atoms with Crippen LogP contribution in [0.3, 0.4) is 0 Å². The first-order valence-corrected chi connectivity index (χ1v) is 10.8. The molecule has 0 bridgehead atoms. The molecular weight excluding hydrogens is 450 g/mol. The number of hydrogen-bond donors (Lipinski definition) is 1. The van der Waals surface area contributed by atoms with Crippen molar-refractivity contribution < 1.29 is 9.47 Å². The fourth-order valence-corrected chi connectivity index (χ4v) is 3.75. The molecule has 0 aliphatic rings. The summed E-state index contributed by atoms with van der Waals surface area (Å²) in [5, 5.41) is 4.01. The SMILES string of the molecule is CCOc1cc(CNc2ccc(Br)cc2C)cc(Cl)c1OCc1ccc(C)cc1. The van der Waals surface area contributed by atoms with Crippen molar-refractivity contribution in [1.29, 1.82) is 0 Å². The molecule has 152 valence electrons. The van der Waals surface area contributed by atoms with Crippen molar-refractivity contribution >= 4 is 33.2 Å². The van der Waals surface area contributed by atoms with Crippen molar-refractivity contribution in [3.63, 3.8) is 0 Å². The molecule has 5 heteroatoms. The van der Waals surface area contributed by atoms with Crippen LogP contribution in [-0.2, 0) is 13.2 Å². The summed E-state index contributed by atoms with van der Waals surface area (Å²) < 4.78 is 12.9. The van der Waals surface area contributed by atoms with Crippen molar-refractivity contribution in [2.24, 2.45) is 0 Å². The van der Waals surface area contributed by atoms with Gasteiger partial charge in [0.25, 0.3) is 0 Å². The van der Waals surface area contributed by atoms with Gasteiger partial charge < -0.3 is 14.8 Å². The molecule has 3 nitrogen and oxygen atoms in total. The van der Waals surface area contributed by atoms with Crippen LogP contribution >= 0.6 is 27.5 Å². The monoisotopic (exact) mass is 473 g/mol. The molecule has 3 aromatic rings. The lowest BCUT2D eigenvalue weighted by molar-refractivity contribution is 0.269.